The number of methoxy groups -OCH3 is 1. The molecular weight excluding hydrogens is 550 g/mol. The summed E-state index contributed by atoms with van der Waals surface area (Å²) in [5, 5.41) is 5.00. The standard InChI is InChI=1S/C25H21Br2N3O3/c1-3-23-29-21-10-9-18(26)12-20(21)25(31)30(23)28-14-17-11-19(27)13-22(32-2)24(17)33-15-16-7-5-4-6-8-16/h4-14H,3,15H2,1-2H3. The smallest absolute Gasteiger partial charge is 0.282 e. The molecule has 6 nitrogen and oxygen atoms in total. The van der Waals surface area contributed by atoms with Crippen LogP contribution in [0.2, 0.25) is 0 Å². The molecule has 1 aromatic heterocycles. The number of rotatable bonds is 7. The van der Waals surface area contributed by atoms with Crippen molar-refractivity contribution in [1.82, 2.24) is 9.66 Å². The molecule has 0 N–H and O–H groups in total. The van der Waals surface area contributed by atoms with E-state index in [0.29, 0.717) is 46.8 Å². The molecule has 33 heavy (non-hydrogen) atoms. The molecule has 0 bridgehead atoms. The van der Waals surface area contributed by atoms with Gasteiger partial charge in [0.15, 0.2) is 11.5 Å². The zero-order valence-electron chi connectivity index (χ0n) is 18.1. The van der Waals surface area contributed by atoms with Crippen LogP contribution < -0.4 is 15.0 Å². The first-order chi connectivity index (χ1) is 16.0. The van der Waals surface area contributed by atoms with Crippen LogP contribution in [-0.4, -0.2) is 23.0 Å². The van der Waals surface area contributed by atoms with Crippen molar-refractivity contribution in [3.63, 3.8) is 0 Å². The van der Waals surface area contributed by atoms with E-state index in [1.807, 2.05) is 61.5 Å². The fraction of sp³-hybridized carbons (Fsp3) is 0.160. The number of hydrogen-bond donors (Lipinski definition) is 0. The molecule has 168 valence electrons. The Balaban J connectivity index is 1.78. The van der Waals surface area contributed by atoms with Crippen LogP contribution in [0.25, 0.3) is 10.9 Å². The van der Waals surface area contributed by atoms with Crippen molar-refractivity contribution < 1.29 is 9.47 Å². The minimum atomic E-state index is -0.233. The molecule has 0 radical (unpaired) electrons. The van der Waals surface area contributed by atoms with E-state index in [2.05, 4.69) is 41.9 Å². The van der Waals surface area contributed by atoms with Gasteiger partial charge in [-0.25, -0.2) is 4.98 Å². The monoisotopic (exact) mass is 569 g/mol. The van der Waals surface area contributed by atoms with Crippen molar-refractivity contribution in [3.8, 4) is 11.5 Å². The lowest BCUT2D eigenvalue weighted by atomic mass is 10.2. The molecule has 3 aromatic carbocycles. The highest BCUT2D eigenvalue weighted by atomic mass is 79.9. The highest BCUT2D eigenvalue weighted by Crippen LogP contribution is 2.34. The van der Waals surface area contributed by atoms with Gasteiger partial charge < -0.3 is 9.47 Å². The zero-order chi connectivity index (χ0) is 23.4. The normalized spacial score (nSPS) is 11.3. The average Bonchev–Trinajstić information content (AvgIpc) is 2.83. The van der Waals surface area contributed by atoms with Crippen LogP contribution in [0.15, 0.2) is 79.5 Å². The number of aromatic nitrogens is 2. The molecule has 0 saturated heterocycles. The van der Waals surface area contributed by atoms with E-state index in [9.17, 15) is 4.79 Å². The minimum absolute atomic E-state index is 0.233. The fourth-order valence-electron chi connectivity index (χ4n) is 3.38. The van der Waals surface area contributed by atoms with Gasteiger partial charge in [0.05, 0.1) is 24.2 Å². The Morgan fingerprint density at radius 1 is 1.06 bits per heavy atom. The van der Waals surface area contributed by atoms with Gasteiger partial charge in [-0.15, -0.1) is 0 Å². The van der Waals surface area contributed by atoms with Gasteiger partial charge in [0, 0.05) is 20.9 Å². The molecule has 0 saturated carbocycles. The second-order valence-corrected chi connectivity index (χ2v) is 9.04. The maximum absolute atomic E-state index is 13.2. The number of ether oxygens (including phenoxy) is 2. The number of nitrogens with zero attached hydrogens (tertiary/aromatic N) is 3. The molecule has 8 heteroatoms. The molecule has 4 aromatic rings. The van der Waals surface area contributed by atoms with Crippen molar-refractivity contribution in [2.75, 3.05) is 7.11 Å². The Hall–Kier alpha value is -2.97. The summed E-state index contributed by atoms with van der Waals surface area (Å²) in [4.78, 5) is 17.8. The van der Waals surface area contributed by atoms with Crippen molar-refractivity contribution in [1.29, 1.82) is 0 Å². The van der Waals surface area contributed by atoms with Crippen LogP contribution in [0.3, 0.4) is 0 Å². The molecule has 0 aliphatic carbocycles. The maximum Gasteiger partial charge on any atom is 0.282 e. The van der Waals surface area contributed by atoms with Gasteiger partial charge in [0.25, 0.3) is 5.56 Å². The first-order valence-electron chi connectivity index (χ1n) is 10.3. The molecule has 0 spiro atoms. The van der Waals surface area contributed by atoms with E-state index in [4.69, 9.17) is 9.47 Å². The van der Waals surface area contributed by atoms with Crippen molar-refractivity contribution in [2.24, 2.45) is 5.10 Å². The summed E-state index contributed by atoms with van der Waals surface area (Å²) < 4.78 is 14.6. The first kappa shape index (κ1) is 23.2. The lowest BCUT2D eigenvalue weighted by molar-refractivity contribution is 0.284. The molecule has 0 aliphatic rings. The molecule has 0 aliphatic heterocycles. The Kier molecular flexibility index (Phi) is 7.25. The van der Waals surface area contributed by atoms with Crippen molar-refractivity contribution >= 4 is 49.0 Å². The number of aryl methyl sites for hydroxylation is 1. The lowest BCUT2D eigenvalue weighted by Gasteiger charge is -2.14. The molecule has 0 unspecified atom stereocenters. The lowest BCUT2D eigenvalue weighted by Crippen LogP contribution is -2.22. The molecule has 4 rings (SSSR count). The highest BCUT2D eigenvalue weighted by Gasteiger charge is 2.14. The summed E-state index contributed by atoms with van der Waals surface area (Å²) in [5.74, 6) is 1.67. The second kappa shape index (κ2) is 10.3. The van der Waals surface area contributed by atoms with Gasteiger partial charge >= 0.3 is 0 Å². The minimum Gasteiger partial charge on any atom is -0.493 e. The summed E-state index contributed by atoms with van der Waals surface area (Å²) >= 11 is 6.93. The van der Waals surface area contributed by atoms with Crippen LogP contribution in [0.4, 0.5) is 0 Å². The third-order valence-electron chi connectivity index (χ3n) is 5.00. The Labute approximate surface area is 208 Å². The van der Waals surface area contributed by atoms with E-state index >= 15 is 0 Å². The molecule has 1 heterocycles. The quantitative estimate of drug-likeness (QED) is 0.257. The summed E-state index contributed by atoms with van der Waals surface area (Å²) in [6, 6.07) is 19.0. The number of fused-ring (bicyclic) bond motifs is 1. The Morgan fingerprint density at radius 2 is 1.85 bits per heavy atom. The SMILES string of the molecule is CCc1nc2ccc(Br)cc2c(=O)n1N=Cc1cc(Br)cc(OC)c1OCc1ccccc1. The average molecular weight is 571 g/mol. The van der Waals surface area contributed by atoms with Crippen molar-refractivity contribution in [3.05, 3.63) is 96.9 Å². The third-order valence-corrected chi connectivity index (χ3v) is 5.95. The van der Waals surface area contributed by atoms with E-state index < -0.39 is 0 Å². The number of halogens is 2. The van der Waals surface area contributed by atoms with Crippen LogP contribution in [-0.2, 0) is 13.0 Å². The van der Waals surface area contributed by atoms with Gasteiger partial charge in [-0.1, -0.05) is 69.1 Å². The van der Waals surface area contributed by atoms with E-state index in [1.54, 1.807) is 19.4 Å². The summed E-state index contributed by atoms with van der Waals surface area (Å²) in [6.45, 7) is 2.31. The molecule has 0 fully saturated rings. The van der Waals surface area contributed by atoms with Gasteiger partial charge in [-0.2, -0.15) is 9.78 Å². The second-order valence-electron chi connectivity index (χ2n) is 7.21. The highest BCUT2D eigenvalue weighted by molar-refractivity contribution is 9.10. The number of benzene rings is 3. The van der Waals surface area contributed by atoms with Crippen LogP contribution in [0.5, 0.6) is 11.5 Å². The predicted octanol–water partition coefficient (Wildman–Crippen LogP) is 5.95. The fourth-order valence-corrected chi connectivity index (χ4v) is 4.20. The van der Waals surface area contributed by atoms with E-state index in [-0.39, 0.29) is 5.56 Å². The Morgan fingerprint density at radius 3 is 2.58 bits per heavy atom. The summed E-state index contributed by atoms with van der Waals surface area (Å²) in [5.41, 5.74) is 2.10. The van der Waals surface area contributed by atoms with Crippen LogP contribution >= 0.6 is 31.9 Å². The summed E-state index contributed by atoms with van der Waals surface area (Å²) in [6.07, 6.45) is 2.15. The van der Waals surface area contributed by atoms with Crippen molar-refractivity contribution in [2.45, 2.75) is 20.0 Å². The molecule has 0 atom stereocenters. The van der Waals surface area contributed by atoms with Crippen LogP contribution in [0, 0.1) is 0 Å². The van der Waals surface area contributed by atoms with E-state index in [1.165, 1.54) is 4.68 Å². The van der Waals surface area contributed by atoms with Gasteiger partial charge in [-0.3, -0.25) is 4.79 Å². The van der Waals surface area contributed by atoms with Gasteiger partial charge in [-0.05, 0) is 35.9 Å². The molecular formula is C25H21Br2N3O3. The summed E-state index contributed by atoms with van der Waals surface area (Å²) in [7, 11) is 1.59. The third kappa shape index (κ3) is 5.17. The van der Waals surface area contributed by atoms with E-state index in [0.717, 1.165) is 14.5 Å². The Bertz CT molecular complexity index is 1390. The maximum atomic E-state index is 13.2. The number of hydrogen-bond acceptors (Lipinski definition) is 5. The first-order valence-corrected chi connectivity index (χ1v) is 11.9. The van der Waals surface area contributed by atoms with Crippen LogP contribution in [0.1, 0.15) is 23.9 Å². The van der Waals surface area contributed by atoms with Gasteiger partial charge in [0.2, 0.25) is 0 Å². The predicted molar refractivity (Wildman–Crippen MR) is 138 cm³/mol. The van der Waals surface area contributed by atoms with Gasteiger partial charge in [0.1, 0.15) is 12.4 Å². The largest absolute Gasteiger partial charge is 0.493 e. The zero-order valence-corrected chi connectivity index (χ0v) is 21.3. The molecule has 0 amide bonds. The topological polar surface area (TPSA) is 65.7 Å².